The molecule has 1 heterocycles. The summed E-state index contributed by atoms with van der Waals surface area (Å²) in [5.74, 6) is 1.55. The van der Waals surface area contributed by atoms with Crippen molar-refractivity contribution in [3.8, 4) is 11.6 Å². The third kappa shape index (κ3) is 3.08. The van der Waals surface area contributed by atoms with Gasteiger partial charge in [-0.2, -0.15) is 0 Å². The lowest BCUT2D eigenvalue weighted by atomic mass is 10.2. The van der Waals surface area contributed by atoms with Crippen molar-refractivity contribution < 1.29 is 4.74 Å². The summed E-state index contributed by atoms with van der Waals surface area (Å²) in [4.78, 5) is 8.28. The number of ether oxygens (including phenoxy) is 1. The van der Waals surface area contributed by atoms with E-state index in [1.54, 1.807) is 13.1 Å². The minimum Gasteiger partial charge on any atom is -0.437 e. The van der Waals surface area contributed by atoms with E-state index >= 15 is 0 Å². The van der Waals surface area contributed by atoms with Crippen LogP contribution >= 0.6 is 34.8 Å². The van der Waals surface area contributed by atoms with E-state index in [2.05, 4.69) is 15.3 Å². The maximum absolute atomic E-state index is 6.09. The van der Waals surface area contributed by atoms with Crippen LogP contribution in [-0.4, -0.2) is 17.0 Å². The summed E-state index contributed by atoms with van der Waals surface area (Å²) in [6.45, 7) is 1.99. The van der Waals surface area contributed by atoms with Crippen LogP contribution in [0.1, 0.15) is 12.5 Å². The Morgan fingerprint density at radius 2 is 1.80 bits per heavy atom. The molecule has 0 radical (unpaired) electrons. The number of hydrogen-bond donors (Lipinski definition) is 1. The van der Waals surface area contributed by atoms with Crippen molar-refractivity contribution in [1.29, 1.82) is 0 Å². The fourth-order valence-electron chi connectivity index (χ4n) is 1.70. The molecule has 0 atom stereocenters. The Morgan fingerprint density at radius 3 is 2.45 bits per heavy atom. The average Bonchev–Trinajstić information content (AvgIpc) is 2.44. The highest BCUT2D eigenvalue weighted by Gasteiger charge is 2.14. The van der Waals surface area contributed by atoms with Gasteiger partial charge in [0.25, 0.3) is 0 Å². The van der Waals surface area contributed by atoms with Crippen molar-refractivity contribution >= 4 is 40.6 Å². The summed E-state index contributed by atoms with van der Waals surface area (Å²) in [6, 6.07) is 3.10. The Morgan fingerprint density at radius 1 is 1.10 bits per heavy atom. The van der Waals surface area contributed by atoms with Crippen molar-refractivity contribution in [3.63, 3.8) is 0 Å². The summed E-state index contributed by atoms with van der Waals surface area (Å²) < 4.78 is 5.74. The van der Waals surface area contributed by atoms with Crippen molar-refractivity contribution in [3.05, 3.63) is 39.1 Å². The predicted molar refractivity (Wildman–Crippen MR) is 82.5 cm³/mol. The Balaban J connectivity index is 2.42. The zero-order valence-corrected chi connectivity index (χ0v) is 13.1. The third-order valence-corrected chi connectivity index (χ3v) is 3.70. The SMILES string of the molecule is CCc1c(NC)ncnc1Oc1cc(Cl)c(Cl)cc1Cl. The molecule has 1 aromatic heterocycles. The van der Waals surface area contributed by atoms with E-state index in [4.69, 9.17) is 39.5 Å². The first-order chi connectivity index (χ1) is 9.56. The normalized spacial score (nSPS) is 10.4. The van der Waals surface area contributed by atoms with Crippen LogP contribution in [0.25, 0.3) is 0 Å². The number of benzene rings is 1. The number of aromatic nitrogens is 2. The van der Waals surface area contributed by atoms with Crippen LogP contribution in [0.2, 0.25) is 15.1 Å². The van der Waals surface area contributed by atoms with Crippen LogP contribution in [0.5, 0.6) is 11.6 Å². The molecular weight excluding hydrogens is 321 g/mol. The molecule has 106 valence electrons. The van der Waals surface area contributed by atoms with Crippen molar-refractivity contribution in [1.82, 2.24) is 9.97 Å². The summed E-state index contributed by atoms with van der Waals surface area (Å²) in [5, 5.41) is 4.10. The second-order valence-corrected chi connectivity index (χ2v) is 5.13. The summed E-state index contributed by atoms with van der Waals surface area (Å²) in [6.07, 6.45) is 2.14. The number of nitrogens with zero attached hydrogens (tertiary/aromatic N) is 2. The summed E-state index contributed by atoms with van der Waals surface area (Å²) in [5.41, 5.74) is 0.858. The highest BCUT2D eigenvalue weighted by molar-refractivity contribution is 6.43. The van der Waals surface area contributed by atoms with Gasteiger partial charge >= 0.3 is 0 Å². The van der Waals surface area contributed by atoms with Gasteiger partial charge < -0.3 is 10.1 Å². The number of anilines is 1. The van der Waals surface area contributed by atoms with E-state index in [0.717, 1.165) is 5.56 Å². The van der Waals surface area contributed by atoms with Crippen LogP contribution in [0.3, 0.4) is 0 Å². The molecule has 0 spiro atoms. The number of hydrogen-bond acceptors (Lipinski definition) is 4. The van der Waals surface area contributed by atoms with E-state index in [0.29, 0.717) is 38.9 Å². The minimum absolute atomic E-state index is 0.367. The van der Waals surface area contributed by atoms with E-state index < -0.39 is 0 Å². The summed E-state index contributed by atoms with van der Waals surface area (Å²) in [7, 11) is 1.79. The number of rotatable bonds is 4. The second kappa shape index (κ2) is 6.48. The van der Waals surface area contributed by atoms with Gasteiger partial charge in [0.15, 0.2) is 0 Å². The van der Waals surface area contributed by atoms with Crippen molar-refractivity contribution in [2.75, 3.05) is 12.4 Å². The Hall–Kier alpha value is -1.23. The molecule has 0 bridgehead atoms. The zero-order valence-electron chi connectivity index (χ0n) is 10.9. The monoisotopic (exact) mass is 331 g/mol. The van der Waals surface area contributed by atoms with E-state index in [1.807, 2.05) is 6.92 Å². The van der Waals surface area contributed by atoms with Crippen LogP contribution in [0.15, 0.2) is 18.5 Å². The molecule has 20 heavy (non-hydrogen) atoms. The highest BCUT2D eigenvalue weighted by atomic mass is 35.5. The van der Waals surface area contributed by atoms with Gasteiger partial charge in [0.2, 0.25) is 5.88 Å². The topological polar surface area (TPSA) is 47.0 Å². The van der Waals surface area contributed by atoms with Crippen LogP contribution in [0, 0.1) is 0 Å². The molecule has 0 fully saturated rings. The molecule has 1 N–H and O–H groups in total. The first-order valence-electron chi connectivity index (χ1n) is 5.90. The van der Waals surface area contributed by atoms with Gasteiger partial charge in [-0.05, 0) is 12.5 Å². The first kappa shape index (κ1) is 15.2. The standard InChI is InChI=1S/C13H12Cl3N3O/c1-3-7-12(17-2)18-6-19-13(7)20-11-5-9(15)8(14)4-10(11)16/h4-6H,3H2,1-2H3,(H,17,18,19). The Kier molecular flexibility index (Phi) is 4.91. The van der Waals surface area contributed by atoms with Crippen LogP contribution in [0.4, 0.5) is 5.82 Å². The van der Waals surface area contributed by atoms with E-state index in [-0.39, 0.29) is 0 Å². The van der Waals surface area contributed by atoms with Crippen molar-refractivity contribution in [2.45, 2.75) is 13.3 Å². The molecule has 0 amide bonds. The lowest BCUT2D eigenvalue weighted by Gasteiger charge is -2.13. The van der Waals surface area contributed by atoms with Gasteiger partial charge in [0.1, 0.15) is 17.9 Å². The molecule has 0 aliphatic rings. The first-order valence-corrected chi connectivity index (χ1v) is 7.04. The van der Waals surface area contributed by atoms with Gasteiger partial charge in [-0.3, -0.25) is 0 Å². The molecule has 1 aromatic carbocycles. The molecule has 0 aliphatic heterocycles. The maximum atomic E-state index is 6.09. The molecule has 7 heteroatoms. The fourth-order valence-corrected chi connectivity index (χ4v) is 2.28. The smallest absolute Gasteiger partial charge is 0.227 e. The highest BCUT2D eigenvalue weighted by Crippen LogP contribution is 2.37. The minimum atomic E-state index is 0.367. The van der Waals surface area contributed by atoms with Crippen LogP contribution < -0.4 is 10.1 Å². The second-order valence-electron chi connectivity index (χ2n) is 3.91. The van der Waals surface area contributed by atoms with Crippen LogP contribution in [-0.2, 0) is 6.42 Å². The lowest BCUT2D eigenvalue weighted by molar-refractivity contribution is 0.456. The zero-order chi connectivity index (χ0) is 14.7. The predicted octanol–water partition coefficient (Wildman–Crippen LogP) is 4.83. The average molecular weight is 333 g/mol. The lowest BCUT2D eigenvalue weighted by Crippen LogP contribution is -2.02. The molecule has 2 rings (SSSR count). The number of nitrogens with one attached hydrogen (secondary N) is 1. The van der Waals surface area contributed by atoms with Gasteiger partial charge in [-0.15, -0.1) is 0 Å². The fraction of sp³-hybridized carbons (Fsp3) is 0.231. The number of halogens is 3. The quantitative estimate of drug-likeness (QED) is 0.814. The molecular formula is C13H12Cl3N3O. The van der Waals surface area contributed by atoms with Gasteiger partial charge in [0.05, 0.1) is 20.6 Å². The molecule has 0 saturated carbocycles. The maximum Gasteiger partial charge on any atom is 0.227 e. The molecule has 4 nitrogen and oxygen atoms in total. The molecule has 0 aliphatic carbocycles. The molecule has 0 saturated heterocycles. The van der Waals surface area contributed by atoms with Gasteiger partial charge in [0, 0.05) is 13.1 Å². The Labute approximate surface area is 132 Å². The van der Waals surface area contributed by atoms with E-state index in [1.165, 1.54) is 12.4 Å². The molecule has 0 unspecified atom stereocenters. The third-order valence-electron chi connectivity index (χ3n) is 2.68. The van der Waals surface area contributed by atoms with Gasteiger partial charge in [-0.25, -0.2) is 9.97 Å². The summed E-state index contributed by atoms with van der Waals surface area (Å²) >= 11 is 17.9. The largest absolute Gasteiger partial charge is 0.437 e. The van der Waals surface area contributed by atoms with Crippen molar-refractivity contribution in [2.24, 2.45) is 0 Å². The van der Waals surface area contributed by atoms with Gasteiger partial charge in [-0.1, -0.05) is 41.7 Å². The molecule has 2 aromatic rings. The Bertz CT molecular complexity index is 634. The van der Waals surface area contributed by atoms with E-state index in [9.17, 15) is 0 Å².